The highest BCUT2D eigenvalue weighted by molar-refractivity contribution is 7.26. The molecule has 0 radical (unpaired) electrons. The summed E-state index contributed by atoms with van der Waals surface area (Å²) in [5.41, 5.74) is 10.4. The fourth-order valence-corrected chi connectivity index (χ4v) is 6.72. The summed E-state index contributed by atoms with van der Waals surface area (Å²) < 4.78 is 2.47. The van der Waals surface area contributed by atoms with Gasteiger partial charge < -0.3 is 0 Å². The first-order valence-electron chi connectivity index (χ1n) is 12.1. The Bertz CT molecular complexity index is 1740. The highest BCUT2D eigenvalue weighted by Crippen LogP contribution is 2.47. The molecule has 1 N–H and O–H groups in total. The minimum atomic E-state index is 0.587. The van der Waals surface area contributed by atoms with Crippen molar-refractivity contribution in [1.82, 2.24) is 0 Å². The lowest BCUT2D eigenvalue weighted by Gasteiger charge is -2.11. The Kier molecular flexibility index (Phi) is 4.68. The van der Waals surface area contributed by atoms with Crippen molar-refractivity contribution in [3.05, 3.63) is 137 Å². The van der Waals surface area contributed by atoms with Crippen LogP contribution >= 0.6 is 11.3 Å². The molecule has 2 heteroatoms. The number of rotatable bonds is 3. The molecule has 4 aromatic carbocycles. The van der Waals surface area contributed by atoms with Gasteiger partial charge in [-0.15, -0.1) is 11.3 Å². The van der Waals surface area contributed by atoms with Crippen molar-refractivity contribution in [2.24, 2.45) is 0 Å². The Labute approximate surface area is 208 Å². The maximum Gasteiger partial charge on any atom is 0.0699 e. The monoisotopic (exact) mass is 465 g/mol. The van der Waals surface area contributed by atoms with Gasteiger partial charge in [0.15, 0.2) is 0 Å². The van der Waals surface area contributed by atoms with Gasteiger partial charge in [0.25, 0.3) is 0 Å². The first-order valence-corrected chi connectivity index (χ1v) is 12.9. The topological polar surface area (TPSA) is 23.9 Å². The summed E-state index contributed by atoms with van der Waals surface area (Å²) in [6.07, 6.45) is 9.04. The van der Waals surface area contributed by atoms with Crippen LogP contribution in [0.25, 0.3) is 37.4 Å². The van der Waals surface area contributed by atoms with Crippen LogP contribution in [0.4, 0.5) is 0 Å². The van der Waals surface area contributed by atoms with Gasteiger partial charge in [0.1, 0.15) is 0 Å². The van der Waals surface area contributed by atoms with Gasteiger partial charge in [-0.3, -0.25) is 5.41 Å². The largest absolute Gasteiger partial charge is 0.300 e. The minimum Gasteiger partial charge on any atom is -0.300 e. The molecule has 0 spiro atoms. The summed E-state index contributed by atoms with van der Waals surface area (Å²) >= 11 is 1.79. The highest BCUT2D eigenvalue weighted by Gasteiger charge is 2.27. The Morgan fingerprint density at radius 1 is 0.800 bits per heavy atom. The standard InChI is InChI=1S/C33H23NS/c34-32(28-15-8-14-27-26-13-6-7-16-31(26)35-33(27)28)22-17-18-25-23-11-4-5-12-24(23)29(30(25)20-22)19-21-9-2-1-3-10-21/h1-3,5-10,12-20,34H,4,11H2/b29-19-,34-32?. The van der Waals surface area contributed by atoms with Gasteiger partial charge in [-0.25, -0.2) is 0 Å². The van der Waals surface area contributed by atoms with Crippen molar-refractivity contribution in [3.8, 4) is 0 Å². The van der Waals surface area contributed by atoms with Crippen LogP contribution in [0.15, 0.2) is 109 Å². The molecule has 0 amide bonds. The molecule has 35 heavy (non-hydrogen) atoms. The molecule has 7 rings (SSSR count). The molecule has 2 aliphatic rings. The van der Waals surface area contributed by atoms with E-state index in [9.17, 15) is 5.41 Å². The zero-order valence-corrected chi connectivity index (χ0v) is 20.0. The maximum atomic E-state index is 9.24. The molecule has 0 bridgehead atoms. The van der Waals surface area contributed by atoms with Gasteiger partial charge >= 0.3 is 0 Å². The number of nitrogens with one attached hydrogen (secondary N) is 1. The fraction of sp³-hybridized carbons (Fsp3) is 0.0606. The minimum absolute atomic E-state index is 0.587. The quantitative estimate of drug-likeness (QED) is 0.257. The predicted molar refractivity (Wildman–Crippen MR) is 151 cm³/mol. The average molecular weight is 466 g/mol. The van der Waals surface area contributed by atoms with E-state index >= 15 is 0 Å². The zero-order valence-electron chi connectivity index (χ0n) is 19.2. The molecule has 166 valence electrons. The van der Waals surface area contributed by atoms with Crippen LogP contribution in [-0.4, -0.2) is 5.71 Å². The number of allylic oxidation sites excluding steroid dienone is 5. The molecule has 0 unspecified atom stereocenters. The molecule has 1 heterocycles. The van der Waals surface area contributed by atoms with Gasteiger partial charge in [-0.1, -0.05) is 91.0 Å². The maximum absolute atomic E-state index is 9.24. The first-order chi connectivity index (χ1) is 17.3. The number of benzene rings is 4. The summed E-state index contributed by atoms with van der Waals surface area (Å²) in [6.45, 7) is 0. The van der Waals surface area contributed by atoms with Gasteiger partial charge in [0, 0.05) is 31.3 Å². The summed E-state index contributed by atoms with van der Waals surface area (Å²) in [6, 6.07) is 32.1. The second-order valence-corrected chi connectivity index (χ2v) is 10.3. The van der Waals surface area contributed by atoms with E-state index in [1.807, 2.05) is 0 Å². The number of thiophene rings is 1. The van der Waals surface area contributed by atoms with E-state index < -0.39 is 0 Å². The third-order valence-corrected chi connectivity index (χ3v) is 8.39. The molecule has 0 saturated carbocycles. The van der Waals surface area contributed by atoms with E-state index in [-0.39, 0.29) is 0 Å². The van der Waals surface area contributed by atoms with Crippen LogP contribution in [0.1, 0.15) is 40.7 Å². The SMILES string of the molecule is N=C(c1ccc2c(c1)/C(=C\c1ccccc1)C1=C2CCC=C1)c1cccc2c1sc1ccccc12. The lowest BCUT2D eigenvalue weighted by molar-refractivity contribution is 1.05. The molecular formula is C33H23NS. The summed E-state index contributed by atoms with van der Waals surface area (Å²) in [5.74, 6) is 0. The second-order valence-electron chi connectivity index (χ2n) is 9.22. The Morgan fingerprint density at radius 2 is 1.63 bits per heavy atom. The van der Waals surface area contributed by atoms with E-state index in [1.165, 1.54) is 53.6 Å². The van der Waals surface area contributed by atoms with E-state index in [2.05, 4.69) is 109 Å². The van der Waals surface area contributed by atoms with Crippen LogP contribution < -0.4 is 0 Å². The lowest BCUT2D eigenvalue weighted by Crippen LogP contribution is -2.02. The molecule has 0 aliphatic heterocycles. The van der Waals surface area contributed by atoms with Crippen LogP contribution in [0.2, 0.25) is 0 Å². The molecular weight excluding hydrogens is 442 g/mol. The molecule has 0 fully saturated rings. The average Bonchev–Trinajstić information content (AvgIpc) is 3.45. The van der Waals surface area contributed by atoms with E-state index in [0.29, 0.717) is 5.71 Å². The van der Waals surface area contributed by atoms with E-state index in [0.717, 1.165) is 24.0 Å². The van der Waals surface area contributed by atoms with Crippen LogP contribution in [-0.2, 0) is 0 Å². The van der Waals surface area contributed by atoms with E-state index in [1.54, 1.807) is 11.3 Å². The van der Waals surface area contributed by atoms with Crippen LogP contribution in [0.5, 0.6) is 0 Å². The van der Waals surface area contributed by atoms with Crippen molar-refractivity contribution < 1.29 is 0 Å². The Balaban J connectivity index is 1.37. The molecule has 0 atom stereocenters. The molecule has 1 nitrogen and oxygen atoms in total. The smallest absolute Gasteiger partial charge is 0.0699 e. The van der Waals surface area contributed by atoms with Gasteiger partial charge in [0.2, 0.25) is 0 Å². The first kappa shape index (κ1) is 20.4. The predicted octanol–water partition coefficient (Wildman–Crippen LogP) is 9.13. The summed E-state index contributed by atoms with van der Waals surface area (Å²) in [5, 5.41) is 11.7. The summed E-state index contributed by atoms with van der Waals surface area (Å²) in [7, 11) is 0. The third-order valence-electron chi connectivity index (χ3n) is 7.17. The highest BCUT2D eigenvalue weighted by atomic mass is 32.1. The number of hydrogen-bond acceptors (Lipinski definition) is 2. The van der Waals surface area contributed by atoms with Crippen molar-refractivity contribution in [3.63, 3.8) is 0 Å². The fourth-order valence-electron chi connectivity index (χ4n) is 5.50. The molecule has 2 aliphatic carbocycles. The molecule has 0 saturated heterocycles. The normalized spacial score (nSPS) is 15.7. The summed E-state index contributed by atoms with van der Waals surface area (Å²) in [4.78, 5) is 0. The van der Waals surface area contributed by atoms with Crippen LogP contribution in [0, 0.1) is 5.41 Å². The Hall–Kier alpha value is -4.01. The second kappa shape index (κ2) is 8.04. The Morgan fingerprint density at radius 3 is 2.54 bits per heavy atom. The van der Waals surface area contributed by atoms with Crippen molar-refractivity contribution >= 4 is 54.4 Å². The number of fused-ring (bicyclic) bond motifs is 5. The van der Waals surface area contributed by atoms with E-state index in [4.69, 9.17) is 0 Å². The lowest BCUT2D eigenvalue weighted by atomic mass is 9.94. The number of hydrogen-bond donors (Lipinski definition) is 1. The van der Waals surface area contributed by atoms with Gasteiger partial charge in [-0.2, -0.15) is 0 Å². The third kappa shape index (κ3) is 3.25. The molecule has 1 aromatic heterocycles. The zero-order chi connectivity index (χ0) is 23.4. The van der Waals surface area contributed by atoms with Crippen LogP contribution in [0.3, 0.4) is 0 Å². The van der Waals surface area contributed by atoms with Gasteiger partial charge in [-0.05, 0) is 64.5 Å². The molecule has 5 aromatic rings. The van der Waals surface area contributed by atoms with Gasteiger partial charge in [0.05, 0.1) is 5.71 Å². The van der Waals surface area contributed by atoms with Crippen molar-refractivity contribution in [2.45, 2.75) is 12.8 Å². The van der Waals surface area contributed by atoms with Crippen molar-refractivity contribution in [1.29, 1.82) is 5.41 Å². The van der Waals surface area contributed by atoms with Crippen molar-refractivity contribution in [2.75, 3.05) is 0 Å².